The average Bonchev–Trinajstić information content (AvgIpc) is 2.72. The molecule has 0 fully saturated rings. The van der Waals surface area contributed by atoms with Gasteiger partial charge >= 0.3 is 5.97 Å². The second kappa shape index (κ2) is 10.1. The highest BCUT2D eigenvalue weighted by Crippen LogP contribution is 2.16. The van der Waals surface area contributed by atoms with Gasteiger partial charge in [-0.25, -0.2) is 4.79 Å². The number of rotatable bonds is 7. The van der Waals surface area contributed by atoms with Gasteiger partial charge in [-0.2, -0.15) is 5.26 Å². The lowest BCUT2D eigenvalue weighted by Gasteiger charge is -2.14. The molecule has 0 radical (unpaired) electrons. The summed E-state index contributed by atoms with van der Waals surface area (Å²) >= 11 is 0. The number of benzene rings is 2. The third-order valence-corrected chi connectivity index (χ3v) is 4.34. The Kier molecular flexibility index (Phi) is 7.55. The van der Waals surface area contributed by atoms with Crippen LogP contribution in [0.3, 0.4) is 0 Å². The van der Waals surface area contributed by atoms with Gasteiger partial charge in [0.25, 0.3) is 5.91 Å². The number of anilines is 2. The van der Waals surface area contributed by atoms with Crippen molar-refractivity contribution in [3.8, 4) is 6.07 Å². The summed E-state index contributed by atoms with van der Waals surface area (Å²) in [6, 6.07) is 16.6. The normalized spacial score (nSPS) is 11.9. The van der Waals surface area contributed by atoms with Crippen LogP contribution in [0.5, 0.6) is 0 Å². The van der Waals surface area contributed by atoms with Gasteiger partial charge in [0.05, 0.1) is 0 Å². The van der Waals surface area contributed by atoms with Crippen molar-refractivity contribution in [2.45, 2.75) is 26.4 Å². The molecule has 0 aromatic heterocycles. The molecule has 2 aromatic carbocycles. The van der Waals surface area contributed by atoms with Crippen molar-refractivity contribution < 1.29 is 14.3 Å². The van der Waals surface area contributed by atoms with Gasteiger partial charge in [-0.15, -0.1) is 0 Å². The third-order valence-electron chi connectivity index (χ3n) is 4.34. The number of hydrogen-bond donors (Lipinski definition) is 1. The fourth-order valence-electron chi connectivity index (χ4n) is 2.52. The van der Waals surface area contributed by atoms with Crippen molar-refractivity contribution in [3.05, 3.63) is 65.2 Å². The first-order chi connectivity index (χ1) is 13.8. The Bertz CT molecular complexity index is 923. The van der Waals surface area contributed by atoms with E-state index in [0.717, 1.165) is 17.7 Å². The van der Waals surface area contributed by atoms with E-state index < -0.39 is 18.0 Å². The first-order valence-electron chi connectivity index (χ1n) is 9.34. The summed E-state index contributed by atoms with van der Waals surface area (Å²) in [5.74, 6) is -1.30. The highest BCUT2D eigenvalue weighted by atomic mass is 16.5. The van der Waals surface area contributed by atoms with Crippen molar-refractivity contribution in [2.75, 3.05) is 24.3 Å². The fourth-order valence-corrected chi connectivity index (χ4v) is 2.52. The zero-order valence-electron chi connectivity index (χ0n) is 17.1. The average molecular weight is 391 g/mol. The van der Waals surface area contributed by atoms with Crippen LogP contribution in [-0.4, -0.2) is 32.1 Å². The van der Waals surface area contributed by atoms with Gasteiger partial charge in [-0.1, -0.05) is 31.2 Å². The second-order valence-corrected chi connectivity index (χ2v) is 6.74. The molecule has 6 heteroatoms. The lowest BCUT2D eigenvalue weighted by atomic mass is 10.1. The molecule has 2 rings (SSSR count). The van der Waals surface area contributed by atoms with Crippen LogP contribution in [-0.2, 0) is 20.7 Å². The predicted molar refractivity (Wildman–Crippen MR) is 114 cm³/mol. The summed E-state index contributed by atoms with van der Waals surface area (Å²) in [6.07, 6.45) is 1.31. The highest BCUT2D eigenvalue weighted by Gasteiger charge is 2.20. The van der Waals surface area contributed by atoms with Crippen molar-refractivity contribution in [1.29, 1.82) is 5.26 Å². The lowest BCUT2D eigenvalue weighted by molar-refractivity contribution is -0.148. The SMILES string of the molecule is CCc1ccc(NC(=O)[C@H](C)OC(=O)/C(C#N)=C/c2ccc(N(C)C)cc2)cc1. The summed E-state index contributed by atoms with van der Waals surface area (Å²) in [6.45, 7) is 3.51. The molecule has 1 atom stereocenters. The number of nitrogens with one attached hydrogen (secondary N) is 1. The number of aryl methyl sites for hydroxylation is 1. The molecule has 0 saturated heterocycles. The molecule has 0 unspecified atom stereocenters. The minimum Gasteiger partial charge on any atom is -0.448 e. The second-order valence-electron chi connectivity index (χ2n) is 6.74. The maximum Gasteiger partial charge on any atom is 0.349 e. The first-order valence-corrected chi connectivity index (χ1v) is 9.34. The summed E-state index contributed by atoms with van der Waals surface area (Å²) in [4.78, 5) is 26.5. The molecular weight excluding hydrogens is 366 g/mol. The van der Waals surface area contributed by atoms with E-state index >= 15 is 0 Å². The maximum atomic E-state index is 12.3. The van der Waals surface area contributed by atoms with Crippen LogP contribution in [0.2, 0.25) is 0 Å². The molecule has 0 aliphatic carbocycles. The van der Waals surface area contributed by atoms with Crippen molar-refractivity contribution in [1.82, 2.24) is 0 Å². The van der Waals surface area contributed by atoms with Gasteiger partial charge in [0.1, 0.15) is 11.6 Å². The largest absolute Gasteiger partial charge is 0.448 e. The van der Waals surface area contributed by atoms with Crippen LogP contribution < -0.4 is 10.2 Å². The van der Waals surface area contributed by atoms with E-state index in [2.05, 4.69) is 5.32 Å². The van der Waals surface area contributed by atoms with E-state index in [9.17, 15) is 14.9 Å². The Balaban J connectivity index is 2.01. The van der Waals surface area contributed by atoms with Crippen LogP contribution in [0, 0.1) is 11.3 Å². The Morgan fingerprint density at radius 1 is 1.14 bits per heavy atom. The number of hydrogen-bond acceptors (Lipinski definition) is 5. The molecule has 6 nitrogen and oxygen atoms in total. The number of esters is 1. The van der Waals surface area contributed by atoms with E-state index in [4.69, 9.17) is 4.74 Å². The number of nitrogens with zero attached hydrogens (tertiary/aromatic N) is 2. The molecule has 1 N–H and O–H groups in total. The zero-order chi connectivity index (χ0) is 21.4. The Morgan fingerprint density at radius 3 is 2.28 bits per heavy atom. The Hall–Kier alpha value is -3.59. The summed E-state index contributed by atoms with van der Waals surface area (Å²) in [5, 5.41) is 12.0. The smallest absolute Gasteiger partial charge is 0.349 e. The third kappa shape index (κ3) is 6.22. The standard InChI is InChI=1S/C23H25N3O3/c1-5-17-6-10-20(11-7-17)25-22(27)16(2)29-23(28)19(15-24)14-18-8-12-21(13-9-18)26(3)4/h6-14,16H,5H2,1-4H3,(H,25,27)/b19-14+/t16-/m0/s1. The molecule has 0 aliphatic rings. The highest BCUT2D eigenvalue weighted by molar-refractivity contribution is 6.01. The molecule has 0 aliphatic heterocycles. The molecule has 29 heavy (non-hydrogen) atoms. The van der Waals surface area contributed by atoms with E-state index in [0.29, 0.717) is 11.3 Å². The van der Waals surface area contributed by atoms with Gasteiger partial charge in [-0.3, -0.25) is 4.79 Å². The van der Waals surface area contributed by atoms with Crippen LogP contribution in [0.1, 0.15) is 25.0 Å². The van der Waals surface area contributed by atoms with E-state index in [1.165, 1.54) is 13.0 Å². The maximum absolute atomic E-state index is 12.3. The molecule has 0 bridgehead atoms. The number of carbonyl (C=O) groups excluding carboxylic acids is 2. The minimum absolute atomic E-state index is 0.172. The molecular formula is C23H25N3O3. The fraction of sp³-hybridized carbons (Fsp3) is 0.261. The minimum atomic E-state index is -1.04. The van der Waals surface area contributed by atoms with E-state index in [1.807, 2.05) is 56.3 Å². The van der Waals surface area contributed by atoms with E-state index in [1.54, 1.807) is 24.3 Å². The van der Waals surface area contributed by atoms with Gasteiger partial charge in [-0.05, 0) is 54.8 Å². The van der Waals surface area contributed by atoms with Gasteiger partial charge < -0.3 is 15.0 Å². The van der Waals surface area contributed by atoms with E-state index in [-0.39, 0.29) is 5.57 Å². The van der Waals surface area contributed by atoms with Crippen molar-refractivity contribution in [2.24, 2.45) is 0 Å². The number of ether oxygens (including phenoxy) is 1. The monoisotopic (exact) mass is 391 g/mol. The van der Waals surface area contributed by atoms with Gasteiger partial charge in [0, 0.05) is 25.5 Å². The number of amides is 1. The van der Waals surface area contributed by atoms with Crippen LogP contribution in [0.15, 0.2) is 54.1 Å². The quantitative estimate of drug-likeness (QED) is 0.441. The predicted octanol–water partition coefficient (Wildman–Crippen LogP) is 3.79. The molecule has 0 heterocycles. The molecule has 2 aromatic rings. The molecule has 1 amide bonds. The van der Waals surface area contributed by atoms with Gasteiger partial charge in [0.15, 0.2) is 6.10 Å². The number of nitriles is 1. The summed E-state index contributed by atoms with van der Waals surface area (Å²) < 4.78 is 5.17. The van der Waals surface area contributed by atoms with Gasteiger partial charge in [0.2, 0.25) is 0 Å². The number of carbonyl (C=O) groups is 2. The van der Waals surface area contributed by atoms with Crippen molar-refractivity contribution >= 4 is 29.3 Å². The topological polar surface area (TPSA) is 82.4 Å². The zero-order valence-corrected chi connectivity index (χ0v) is 17.1. The molecule has 0 spiro atoms. The molecule has 0 saturated carbocycles. The van der Waals surface area contributed by atoms with Crippen molar-refractivity contribution in [3.63, 3.8) is 0 Å². The Morgan fingerprint density at radius 2 is 1.76 bits per heavy atom. The molecule has 150 valence electrons. The summed E-state index contributed by atoms with van der Waals surface area (Å²) in [7, 11) is 3.85. The van der Waals surface area contributed by atoms with Crippen LogP contribution in [0.4, 0.5) is 11.4 Å². The first kappa shape index (κ1) is 21.7. The Labute approximate surface area is 171 Å². The lowest BCUT2D eigenvalue weighted by Crippen LogP contribution is -2.30. The van der Waals surface area contributed by atoms with Crippen LogP contribution >= 0.6 is 0 Å². The van der Waals surface area contributed by atoms with Crippen LogP contribution in [0.25, 0.3) is 6.08 Å². The summed E-state index contributed by atoms with van der Waals surface area (Å²) in [5.41, 5.74) is 3.30.